The van der Waals surface area contributed by atoms with Crippen LogP contribution in [-0.2, 0) is 20.8 Å². The molecule has 7 heteroatoms. The molecule has 1 unspecified atom stereocenters. The highest BCUT2D eigenvalue weighted by Gasteiger charge is 2.45. The summed E-state index contributed by atoms with van der Waals surface area (Å²) >= 11 is 0. The van der Waals surface area contributed by atoms with Crippen molar-refractivity contribution in [3.63, 3.8) is 0 Å². The van der Waals surface area contributed by atoms with Gasteiger partial charge in [-0.1, -0.05) is 54.6 Å². The summed E-state index contributed by atoms with van der Waals surface area (Å²) in [4.78, 5) is 53.5. The number of imide groups is 1. The standard InChI is InChI=1S/C27H25N3O4/c1-18-13-14-22(15-19(18)2)29-25(32)17-23(27(29)34)30(26(33)21-11-7-4-8-12-21)28-24(31)16-20-9-5-3-6-10-20/h3-15,23H,16-17H2,1-2H3,(H,28,31). The average Bonchev–Trinajstić information content (AvgIpc) is 3.13. The minimum absolute atomic E-state index is 0.0230. The Morgan fingerprint density at radius 3 is 2.21 bits per heavy atom. The summed E-state index contributed by atoms with van der Waals surface area (Å²) in [7, 11) is 0. The van der Waals surface area contributed by atoms with Crippen molar-refractivity contribution in [1.29, 1.82) is 0 Å². The summed E-state index contributed by atoms with van der Waals surface area (Å²) in [5, 5.41) is 1.00. The van der Waals surface area contributed by atoms with Gasteiger partial charge in [0.05, 0.1) is 18.5 Å². The molecule has 3 aromatic rings. The molecule has 0 saturated carbocycles. The Balaban J connectivity index is 1.63. The molecule has 7 nitrogen and oxygen atoms in total. The lowest BCUT2D eigenvalue weighted by Crippen LogP contribution is -2.55. The van der Waals surface area contributed by atoms with E-state index >= 15 is 0 Å². The number of carbonyl (C=O) groups is 4. The second-order valence-electron chi connectivity index (χ2n) is 8.29. The van der Waals surface area contributed by atoms with E-state index in [1.165, 1.54) is 0 Å². The van der Waals surface area contributed by atoms with Gasteiger partial charge in [0.2, 0.25) is 11.8 Å². The van der Waals surface area contributed by atoms with Crippen molar-refractivity contribution in [2.45, 2.75) is 32.7 Å². The number of nitrogens with one attached hydrogen (secondary N) is 1. The SMILES string of the molecule is Cc1ccc(N2C(=O)CC(N(NC(=O)Cc3ccccc3)C(=O)c3ccccc3)C2=O)cc1C. The number of hydrogen-bond acceptors (Lipinski definition) is 4. The minimum atomic E-state index is -1.15. The lowest BCUT2D eigenvalue weighted by molar-refractivity contribution is -0.128. The molecule has 0 aliphatic carbocycles. The molecule has 34 heavy (non-hydrogen) atoms. The highest BCUT2D eigenvalue weighted by atomic mass is 16.2. The molecular weight excluding hydrogens is 430 g/mol. The van der Waals surface area contributed by atoms with Gasteiger partial charge >= 0.3 is 0 Å². The molecule has 0 radical (unpaired) electrons. The summed E-state index contributed by atoms with van der Waals surface area (Å²) in [5.41, 5.74) is 6.08. The number of carbonyl (C=O) groups excluding carboxylic acids is 4. The van der Waals surface area contributed by atoms with Gasteiger partial charge in [0.1, 0.15) is 6.04 Å². The maximum absolute atomic E-state index is 13.4. The number of aryl methyl sites for hydroxylation is 2. The zero-order valence-corrected chi connectivity index (χ0v) is 19.0. The largest absolute Gasteiger partial charge is 0.274 e. The van der Waals surface area contributed by atoms with Crippen molar-refractivity contribution >= 4 is 29.3 Å². The normalized spacial score (nSPS) is 15.4. The third-order valence-electron chi connectivity index (χ3n) is 5.88. The fourth-order valence-electron chi connectivity index (χ4n) is 3.90. The molecule has 4 rings (SSSR count). The van der Waals surface area contributed by atoms with Gasteiger partial charge in [0.15, 0.2) is 0 Å². The van der Waals surface area contributed by atoms with E-state index in [9.17, 15) is 19.2 Å². The number of hydrazine groups is 1. The summed E-state index contributed by atoms with van der Waals surface area (Å²) in [5.74, 6) is -2.01. The number of amides is 4. The molecule has 1 N–H and O–H groups in total. The molecule has 1 aliphatic rings. The van der Waals surface area contributed by atoms with Gasteiger partial charge in [-0.2, -0.15) is 0 Å². The molecular formula is C27H25N3O4. The smallest absolute Gasteiger partial charge is 0.273 e. The van der Waals surface area contributed by atoms with Gasteiger partial charge in [0.25, 0.3) is 11.8 Å². The Kier molecular flexibility index (Phi) is 6.54. The van der Waals surface area contributed by atoms with Crippen LogP contribution in [0.2, 0.25) is 0 Å². The molecule has 0 bridgehead atoms. The second-order valence-corrected chi connectivity index (χ2v) is 8.29. The molecule has 1 saturated heterocycles. The Morgan fingerprint density at radius 1 is 0.912 bits per heavy atom. The van der Waals surface area contributed by atoms with E-state index in [4.69, 9.17) is 0 Å². The zero-order chi connectivity index (χ0) is 24.2. The van der Waals surface area contributed by atoms with E-state index in [1.54, 1.807) is 54.6 Å². The zero-order valence-electron chi connectivity index (χ0n) is 19.0. The third-order valence-corrected chi connectivity index (χ3v) is 5.88. The first-order valence-electron chi connectivity index (χ1n) is 11.0. The minimum Gasteiger partial charge on any atom is -0.274 e. The maximum atomic E-state index is 13.4. The van der Waals surface area contributed by atoms with Crippen molar-refractivity contribution in [3.8, 4) is 0 Å². The summed E-state index contributed by atoms with van der Waals surface area (Å²) in [6, 6.07) is 21.6. The molecule has 1 atom stereocenters. The molecule has 1 fully saturated rings. The Bertz CT molecular complexity index is 1240. The van der Waals surface area contributed by atoms with Crippen LogP contribution in [0.5, 0.6) is 0 Å². The predicted octanol–water partition coefficient (Wildman–Crippen LogP) is 3.35. The predicted molar refractivity (Wildman–Crippen MR) is 128 cm³/mol. The highest BCUT2D eigenvalue weighted by Crippen LogP contribution is 2.27. The summed E-state index contributed by atoms with van der Waals surface area (Å²) in [6.45, 7) is 3.84. The fraction of sp³-hybridized carbons (Fsp3) is 0.185. The Hall–Kier alpha value is -4.26. The van der Waals surface area contributed by atoms with Crippen LogP contribution in [0.4, 0.5) is 5.69 Å². The topological polar surface area (TPSA) is 86.8 Å². The van der Waals surface area contributed by atoms with Crippen LogP contribution in [0.3, 0.4) is 0 Å². The van der Waals surface area contributed by atoms with Crippen LogP contribution < -0.4 is 10.3 Å². The van der Waals surface area contributed by atoms with Crippen LogP contribution >= 0.6 is 0 Å². The van der Waals surface area contributed by atoms with Crippen LogP contribution in [0, 0.1) is 13.8 Å². The Morgan fingerprint density at radius 2 is 1.56 bits per heavy atom. The number of benzene rings is 3. The third kappa shape index (κ3) is 4.73. The van der Waals surface area contributed by atoms with Gasteiger partial charge in [-0.05, 0) is 54.8 Å². The molecule has 4 amide bonds. The van der Waals surface area contributed by atoms with Crippen molar-refractivity contribution in [3.05, 3.63) is 101 Å². The van der Waals surface area contributed by atoms with Gasteiger partial charge < -0.3 is 0 Å². The molecule has 0 aromatic heterocycles. The monoisotopic (exact) mass is 455 g/mol. The van der Waals surface area contributed by atoms with Crippen LogP contribution in [0.15, 0.2) is 78.9 Å². The van der Waals surface area contributed by atoms with Gasteiger partial charge in [-0.3, -0.25) is 24.6 Å². The molecule has 172 valence electrons. The van der Waals surface area contributed by atoms with Gasteiger partial charge in [-0.25, -0.2) is 9.91 Å². The van der Waals surface area contributed by atoms with Crippen molar-refractivity contribution in [1.82, 2.24) is 10.4 Å². The number of nitrogens with zero attached hydrogens (tertiary/aromatic N) is 2. The molecule has 1 aliphatic heterocycles. The summed E-state index contributed by atoms with van der Waals surface area (Å²) in [6.07, 6.45) is -0.203. The first kappa shape index (κ1) is 22.9. The maximum Gasteiger partial charge on any atom is 0.273 e. The quantitative estimate of drug-likeness (QED) is 0.472. The molecule has 1 heterocycles. The first-order chi connectivity index (χ1) is 16.3. The van der Waals surface area contributed by atoms with E-state index in [-0.39, 0.29) is 12.8 Å². The second kappa shape index (κ2) is 9.70. The number of rotatable bonds is 5. The van der Waals surface area contributed by atoms with Crippen LogP contribution in [0.25, 0.3) is 0 Å². The summed E-state index contributed by atoms with van der Waals surface area (Å²) < 4.78 is 0. The van der Waals surface area contributed by atoms with Gasteiger partial charge in [0, 0.05) is 5.56 Å². The van der Waals surface area contributed by atoms with Crippen molar-refractivity contribution in [2.24, 2.45) is 0 Å². The van der Waals surface area contributed by atoms with E-state index in [0.717, 1.165) is 26.6 Å². The fourth-order valence-corrected chi connectivity index (χ4v) is 3.90. The molecule has 0 spiro atoms. The lowest BCUT2D eigenvalue weighted by atomic mass is 10.1. The Labute approximate surface area is 198 Å². The van der Waals surface area contributed by atoms with Crippen molar-refractivity contribution in [2.75, 3.05) is 4.90 Å². The lowest BCUT2D eigenvalue weighted by Gasteiger charge is -2.28. The van der Waals surface area contributed by atoms with Gasteiger partial charge in [-0.15, -0.1) is 0 Å². The van der Waals surface area contributed by atoms with E-state index in [0.29, 0.717) is 11.3 Å². The van der Waals surface area contributed by atoms with E-state index in [1.807, 2.05) is 38.1 Å². The van der Waals surface area contributed by atoms with E-state index in [2.05, 4.69) is 5.43 Å². The van der Waals surface area contributed by atoms with Crippen LogP contribution in [-0.4, -0.2) is 34.7 Å². The number of hydrogen-bond donors (Lipinski definition) is 1. The molecule has 3 aromatic carbocycles. The van der Waals surface area contributed by atoms with E-state index < -0.39 is 29.7 Å². The highest BCUT2D eigenvalue weighted by molar-refractivity contribution is 6.23. The van der Waals surface area contributed by atoms with Crippen LogP contribution in [0.1, 0.15) is 33.5 Å². The number of anilines is 1. The van der Waals surface area contributed by atoms with Crippen molar-refractivity contribution < 1.29 is 19.2 Å². The first-order valence-corrected chi connectivity index (χ1v) is 11.0. The average molecular weight is 456 g/mol.